The van der Waals surface area contributed by atoms with Crippen molar-refractivity contribution in [3.8, 4) is 28.3 Å². The Kier molecular flexibility index (Phi) is 3.62. The molecule has 0 spiro atoms. The number of hydrogen-bond donors (Lipinski definition) is 0. The maximum absolute atomic E-state index is 5.56. The molecule has 1 aliphatic rings. The van der Waals surface area contributed by atoms with Gasteiger partial charge in [0.05, 0.1) is 18.0 Å². The Bertz CT molecular complexity index is 804. The van der Waals surface area contributed by atoms with Gasteiger partial charge in [0.1, 0.15) is 11.6 Å². The van der Waals surface area contributed by atoms with Gasteiger partial charge in [0.25, 0.3) is 0 Å². The third-order valence-electron chi connectivity index (χ3n) is 4.31. The molecule has 1 aromatic heterocycles. The highest BCUT2D eigenvalue weighted by Gasteiger charge is 2.22. The SMILES string of the molecule is CCOc1ccc(-c2c(-c3ccccc3)nc3n2CCC3)cc1. The van der Waals surface area contributed by atoms with E-state index in [0.29, 0.717) is 6.61 Å². The van der Waals surface area contributed by atoms with E-state index in [1.807, 2.05) is 25.1 Å². The van der Waals surface area contributed by atoms with Crippen molar-refractivity contribution in [1.82, 2.24) is 9.55 Å². The molecule has 1 aliphatic heterocycles. The molecule has 0 atom stereocenters. The fraction of sp³-hybridized carbons (Fsp3) is 0.250. The molecule has 3 nitrogen and oxygen atoms in total. The van der Waals surface area contributed by atoms with Gasteiger partial charge in [-0.15, -0.1) is 0 Å². The average molecular weight is 304 g/mol. The first-order valence-electron chi connectivity index (χ1n) is 8.25. The number of aryl methyl sites for hydroxylation is 1. The largest absolute Gasteiger partial charge is 0.494 e. The number of benzene rings is 2. The smallest absolute Gasteiger partial charge is 0.119 e. The van der Waals surface area contributed by atoms with E-state index >= 15 is 0 Å². The quantitative estimate of drug-likeness (QED) is 0.706. The first kappa shape index (κ1) is 14.1. The zero-order chi connectivity index (χ0) is 15.6. The van der Waals surface area contributed by atoms with Gasteiger partial charge in [0.2, 0.25) is 0 Å². The van der Waals surface area contributed by atoms with Crippen molar-refractivity contribution in [2.75, 3.05) is 6.61 Å². The van der Waals surface area contributed by atoms with E-state index in [0.717, 1.165) is 24.4 Å². The Hall–Kier alpha value is -2.55. The summed E-state index contributed by atoms with van der Waals surface area (Å²) in [5.41, 5.74) is 4.70. The summed E-state index contributed by atoms with van der Waals surface area (Å²) in [6.07, 6.45) is 2.25. The van der Waals surface area contributed by atoms with E-state index in [4.69, 9.17) is 9.72 Å². The molecule has 2 aromatic carbocycles. The zero-order valence-corrected chi connectivity index (χ0v) is 13.3. The minimum Gasteiger partial charge on any atom is -0.494 e. The van der Waals surface area contributed by atoms with E-state index in [-0.39, 0.29) is 0 Å². The fourth-order valence-corrected chi connectivity index (χ4v) is 3.29. The molecular formula is C20H20N2O. The fourth-order valence-electron chi connectivity index (χ4n) is 3.29. The second kappa shape index (κ2) is 5.92. The maximum Gasteiger partial charge on any atom is 0.119 e. The normalized spacial score (nSPS) is 13.1. The van der Waals surface area contributed by atoms with Crippen LogP contribution in [0.2, 0.25) is 0 Å². The van der Waals surface area contributed by atoms with Crippen LogP contribution in [0.5, 0.6) is 5.75 Å². The van der Waals surface area contributed by atoms with Crippen molar-refractivity contribution in [2.45, 2.75) is 26.3 Å². The number of ether oxygens (including phenoxy) is 1. The zero-order valence-electron chi connectivity index (χ0n) is 13.3. The van der Waals surface area contributed by atoms with E-state index in [1.54, 1.807) is 0 Å². The van der Waals surface area contributed by atoms with Crippen LogP contribution in [0.15, 0.2) is 54.6 Å². The molecule has 0 bridgehead atoms. The molecule has 3 aromatic rings. The maximum atomic E-state index is 5.56. The van der Waals surface area contributed by atoms with Gasteiger partial charge in [-0.2, -0.15) is 0 Å². The summed E-state index contributed by atoms with van der Waals surface area (Å²) < 4.78 is 7.94. The summed E-state index contributed by atoms with van der Waals surface area (Å²) >= 11 is 0. The highest BCUT2D eigenvalue weighted by Crippen LogP contribution is 2.36. The molecule has 23 heavy (non-hydrogen) atoms. The van der Waals surface area contributed by atoms with Crippen molar-refractivity contribution < 1.29 is 4.74 Å². The average Bonchev–Trinajstić information content (AvgIpc) is 3.18. The van der Waals surface area contributed by atoms with Crippen LogP contribution >= 0.6 is 0 Å². The van der Waals surface area contributed by atoms with Gasteiger partial charge >= 0.3 is 0 Å². The summed E-state index contributed by atoms with van der Waals surface area (Å²) in [5.74, 6) is 2.12. The van der Waals surface area contributed by atoms with Crippen LogP contribution in [0.25, 0.3) is 22.5 Å². The highest BCUT2D eigenvalue weighted by molar-refractivity contribution is 5.79. The van der Waals surface area contributed by atoms with Crippen LogP contribution < -0.4 is 4.74 Å². The Morgan fingerprint density at radius 1 is 1.00 bits per heavy atom. The monoisotopic (exact) mass is 304 g/mol. The van der Waals surface area contributed by atoms with Gasteiger partial charge in [-0.05, 0) is 37.6 Å². The van der Waals surface area contributed by atoms with Crippen LogP contribution in [-0.4, -0.2) is 16.2 Å². The Morgan fingerprint density at radius 3 is 2.52 bits per heavy atom. The lowest BCUT2D eigenvalue weighted by molar-refractivity contribution is 0.340. The first-order chi connectivity index (χ1) is 11.4. The highest BCUT2D eigenvalue weighted by atomic mass is 16.5. The molecule has 0 N–H and O–H groups in total. The molecule has 0 unspecified atom stereocenters. The number of aromatic nitrogens is 2. The topological polar surface area (TPSA) is 27.1 Å². The molecule has 0 amide bonds. The van der Waals surface area contributed by atoms with Crippen molar-refractivity contribution in [2.24, 2.45) is 0 Å². The minimum absolute atomic E-state index is 0.691. The van der Waals surface area contributed by atoms with E-state index < -0.39 is 0 Å². The molecule has 4 rings (SSSR count). The van der Waals surface area contributed by atoms with Crippen LogP contribution in [0.3, 0.4) is 0 Å². The van der Waals surface area contributed by atoms with Gasteiger partial charge in [-0.1, -0.05) is 30.3 Å². The van der Waals surface area contributed by atoms with Crippen LogP contribution in [0.1, 0.15) is 19.2 Å². The number of imidazole rings is 1. The van der Waals surface area contributed by atoms with Crippen molar-refractivity contribution in [3.05, 3.63) is 60.4 Å². The molecule has 116 valence electrons. The summed E-state index contributed by atoms with van der Waals surface area (Å²) in [6.45, 7) is 3.75. The van der Waals surface area contributed by atoms with Crippen LogP contribution in [0, 0.1) is 0 Å². The first-order valence-corrected chi connectivity index (χ1v) is 8.25. The molecule has 3 heteroatoms. The lowest BCUT2D eigenvalue weighted by Crippen LogP contribution is -1.97. The van der Waals surface area contributed by atoms with Gasteiger partial charge < -0.3 is 9.30 Å². The Balaban J connectivity index is 1.83. The molecular weight excluding hydrogens is 284 g/mol. The van der Waals surface area contributed by atoms with E-state index in [1.165, 1.54) is 29.1 Å². The standard InChI is InChI=1S/C20H20N2O/c1-2-23-17-12-10-16(11-13-17)20-19(15-7-4-3-5-8-15)21-18-9-6-14-22(18)20/h3-5,7-8,10-13H,2,6,9,14H2,1H3. The lowest BCUT2D eigenvalue weighted by atomic mass is 10.0. The molecule has 0 radical (unpaired) electrons. The summed E-state index contributed by atoms with van der Waals surface area (Å²) in [7, 11) is 0. The second-order valence-electron chi connectivity index (χ2n) is 5.80. The van der Waals surface area contributed by atoms with Gasteiger partial charge in [0.15, 0.2) is 0 Å². The number of hydrogen-bond acceptors (Lipinski definition) is 2. The van der Waals surface area contributed by atoms with Crippen LogP contribution in [0.4, 0.5) is 0 Å². The predicted molar refractivity (Wildman–Crippen MR) is 92.6 cm³/mol. The van der Waals surface area contributed by atoms with Gasteiger partial charge in [0, 0.05) is 24.1 Å². The lowest BCUT2D eigenvalue weighted by Gasteiger charge is -2.10. The molecule has 0 aliphatic carbocycles. The summed E-state index contributed by atoms with van der Waals surface area (Å²) in [6, 6.07) is 18.8. The molecule has 0 saturated heterocycles. The van der Waals surface area contributed by atoms with E-state index in [9.17, 15) is 0 Å². The third-order valence-corrected chi connectivity index (χ3v) is 4.31. The van der Waals surface area contributed by atoms with Gasteiger partial charge in [-0.3, -0.25) is 0 Å². The number of rotatable bonds is 4. The van der Waals surface area contributed by atoms with Gasteiger partial charge in [-0.25, -0.2) is 4.98 Å². The molecule has 0 fully saturated rings. The summed E-state index contributed by atoms with van der Waals surface area (Å²) in [4.78, 5) is 4.93. The second-order valence-corrected chi connectivity index (χ2v) is 5.80. The third kappa shape index (κ3) is 2.52. The number of fused-ring (bicyclic) bond motifs is 1. The molecule has 2 heterocycles. The van der Waals surface area contributed by atoms with Crippen molar-refractivity contribution in [3.63, 3.8) is 0 Å². The minimum atomic E-state index is 0.691. The molecule has 0 saturated carbocycles. The van der Waals surface area contributed by atoms with Crippen molar-refractivity contribution in [1.29, 1.82) is 0 Å². The van der Waals surface area contributed by atoms with Crippen molar-refractivity contribution >= 4 is 0 Å². The Morgan fingerprint density at radius 2 is 1.78 bits per heavy atom. The predicted octanol–water partition coefficient (Wildman–Crippen LogP) is 4.56. The number of nitrogens with zero attached hydrogens (tertiary/aromatic N) is 2. The summed E-state index contributed by atoms with van der Waals surface area (Å²) in [5, 5.41) is 0. The van der Waals surface area contributed by atoms with E-state index in [2.05, 4.69) is 41.0 Å². The van der Waals surface area contributed by atoms with Crippen LogP contribution in [-0.2, 0) is 13.0 Å². The Labute approximate surface area is 136 Å².